The van der Waals surface area contributed by atoms with Gasteiger partial charge in [-0.3, -0.25) is 0 Å². The number of hydrogen-bond donors (Lipinski definition) is 0. The molecule has 3 rings (SSSR count). The minimum atomic E-state index is -0.683. The lowest BCUT2D eigenvalue weighted by Crippen LogP contribution is -2.14. The van der Waals surface area contributed by atoms with Crippen LogP contribution in [0.5, 0.6) is 11.5 Å². The Labute approximate surface area is 191 Å². The van der Waals surface area contributed by atoms with Gasteiger partial charge >= 0.3 is 11.9 Å². The van der Waals surface area contributed by atoms with E-state index in [1.54, 1.807) is 37.4 Å². The standard InChI is InChI=1S/C24H24ClNO6/c1-5-6-9-32-19-11-15-10-17(23(27)30-3)22(24(28)31-4)21(16(15)13-18(19)29-2)14-7-8-26-20(25)12-14/h7-8,10-13H,5-6,9H2,1-4H3. The van der Waals surface area contributed by atoms with Crippen LogP contribution in [0.15, 0.2) is 36.5 Å². The molecule has 0 spiro atoms. The van der Waals surface area contributed by atoms with Crippen LogP contribution in [0.1, 0.15) is 40.5 Å². The number of ether oxygens (including phenoxy) is 4. The Hall–Kier alpha value is -3.32. The van der Waals surface area contributed by atoms with Gasteiger partial charge in [-0.05, 0) is 53.1 Å². The zero-order valence-corrected chi connectivity index (χ0v) is 19.1. The van der Waals surface area contributed by atoms with E-state index in [0.29, 0.717) is 40.0 Å². The molecule has 3 aromatic rings. The van der Waals surface area contributed by atoms with Crippen molar-refractivity contribution in [1.29, 1.82) is 0 Å². The molecule has 1 aromatic heterocycles. The van der Waals surface area contributed by atoms with E-state index in [2.05, 4.69) is 11.9 Å². The second-order valence-corrected chi connectivity index (χ2v) is 7.34. The molecular weight excluding hydrogens is 434 g/mol. The lowest BCUT2D eigenvalue weighted by molar-refractivity contribution is 0.0556. The minimum absolute atomic E-state index is 0.0656. The number of rotatable bonds is 8. The molecule has 0 saturated heterocycles. The predicted molar refractivity (Wildman–Crippen MR) is 122 cm³/mol. The highest BCUT2D eigenvalue weighted by Gasteiger charge is 2.27. The van der Waals surface area contributed by atoms with Gasteiger partial charge in [0.1, 0.15) is 5.15 Å². The van der Waals surface area contributed by atoms with E-state index in [9.17, 15) is 9.59 Å². The number of hydrogen-bond acceptors (Lipinski definition) is 7. The SMILES string of the molecule is CCCCOc1cc2cc(C(=O)OC)c(C(=O)OC)c(-c3ccnc(Cl)c3)c2cc1OC. The summed E-state index contributed by atoms with van der Waals surface area (Å²) in [5, 5.41) is 1.55. The number of nitrogens with zero attached hydrogens (tertiary/aromatic N) is 1. The van der Waals surface area contributed by atoms with Gasteiger partial charge in [-0.1, -0.05) is 24.9 Å². The molecule has 2 aromatic carbocycles. The van der Waals surface area contributed by atoms with Crippen LogP contribution in [-0.4, -0.2) is 44.9 Å². The fraction of sp³-hybridized carbons (Fsp3) is 0.292. The summed E-state index contributed by atoms with van der Waals surface area (Å²) in [5.74, 6) is -0.319. The molecule has 0 saturated carbocycles. The molecule has 0 radical (unpaired) electrons. The Morgan fingerprint density at radius 1 is 1.00 bits per heavy atom. The van der Waals surface area contributed by atoms with Crippen LogP contribution < -0.4 is 9.47 Å². The van der Waals surface area contributed by atoms with Crippen LogP contribution in [0.2, 0.25) is 5.15 Å². The maximum absolute atomic E-state index is 12.8. The topological polar surface area (TPSA) is 84.0 Å². The average Bonchev–Trinajstić information content (AvgIpc) is 2.81. The number of aromatic nitrogens is 1. The van der Waals surface area contributed by atoms with Crippen molar-refractivity contribution in [2.45, 2.75) is 19.8 Å². The lowest BCUT2D eigenvalue weighted by Gasteiger charge is -2.18. The third kappa shape index (κ3) is 4.62. The Morgan fingerprint density at radius 2 is 1.75 bits per heavy atom. The largest absolute Gasteiger partial charge is 0.493 e. The van der Waals surface area contributed by atoms with Gasteiger partial charge in [0.25, 0.3) is 0 Å². The lowest BCUT2D eigenvalue weighted by atomic mass is 9.89. The summed E-state index contributed by atoms with van der Waals surface area (Å²) in [5.41, 5.74) is 1.18. The molecule has 7 nitrogen and oxygen atoms in total. The summed E-state index contributed by atoms with van der Waals surface area (Å²) in [6, 6.07) is 8.46. The van der Waals surface area contributed by atoms with Gasteiger partial charge in [0.15, 0.2) is 11.5 Å². The van der Waals surface area contributed by atoms with Crippen molar-refractivity contribution < 1.29 is 28.5 Å². The molecule has 0 aliphatic rings. The molecule has 0 unspecified atom stereocenters. The van der Waals surface area contributed by atoms with Gasteiger partial charge in [0, 0.05) is 11.8 Å². The summed E-state index contributed by atoms with van der Waals surface area (Å²) >= 11 is 6.13. The molecule has 0 amide bonds. The van der Waals surface area contributed by atoms with Crippen molar-refractivity contribution in [3.63, 3.8) is 0 Å². The number of carbonyl (C=O) groups excluding carboxylic acids is 2. The van der Waals surface area contributed by atoms with Crippen molar-refractivity contribution in [3.8, 4) is 22.6 Å². The van der Waals surface area contributed by atoms with E-state index in [4.69, 9.17) is 30.5 Å². The van der Waals surface area contributed by atoms with Crippen LogP contribution in [0.4, 0.5) is 0 Å². The van der Waals surface area contributed by atoms with Gasteiger partial charge in [0.05, 0.1) is 39.1 Å². The third-order valence-electron chi connectivity index (χ3n) is 4.99. The van der Waals surface area contributed by atoms with E-state index in [1.807, 2.05) is 0 Å². The number of unbranched alkanes of at least 4 members (excludes halogenated alkanes) is 1. The van der Waals surface area contributed by atoms with Crippen LogP contribution in [-0.2, 0) is 9.47 Å². The second-order valence-electron chi connectivity index (χ2n) is 6.95. The van der Waals surface area contributed by atoms with Crippen LogP contribution >= 0.6 is 11.6 Å². The van der Waals surface area contributed by atoms with Gasteiger partial charge in [-0.25, -0.2) is 14.6 Å². The maximum atomic E-state index is 12.8. The van der Waals surface area contributed by atoms with Crippen LogP contribution in [0, 0.1) is 0 Å². The Balaban J connectivity index is 2.42. The molecule has 0 bridgehead atoms. The molecule has 32 heavy (non-hydrogen) atoms. The Kier molecular flexibility index (Phi) is 7.53. The van der Waals surface area contributed by atoms with E-state index >= 15 is 0 Å². The van der Waals surface area contributed by atoms with Crippen molar-refractivity contribution in [2.24, 2.45) is 0 Å². The molecule has 0 aliphatic carbocycles. The minimum Gasteiger partial charge on any atom is -0.493 e. The van der Waals surface area contributed by atoms with Crippen LogP contribution in [0.3, 0.4) is 0 Å². The number of methoxy groups -OCH3 is 3. The van der Waals surface area contributed by atoms with Crippen molar-refractivity contribution in [3.05, 3.63) is 52.8 Å². The quantitative estimate of drug-likeness (QED) is 0.257. The molecule has 0 atom stereocenters. The monoisotopic (exact) mass is 457 g/mol. The molecule has 0 N–H and O–H groups in total. The zero-order chi connectivity index (χ0) is 23.3. The molecule has 0 fully saturated rings. The Morgan fingerprint density at radius 3 is 2.38 bits per heavy atom. The highest BCUT2D eigenvalue weighted by Crippen LogP contribution is 2.41. The van der Waals surface area contributed by atoms with Gasteiger partial charge in [0.2, 0.25) is 0 Å². The Bertz CT molecular complexity index is 1160. The van der Waals surface area contributed by atoms with E-state index in [0.717, 1.165) is 12.8 Å². The second kappa shape index (κ2) is 10.3. The zero-order valence-electron chi connectivity index (χ0n) is 18.4. The number of halogens is 1. The van der Waals surface area contributed by atoms with E-state index < -0.39 is 11.9 Å². The van der Waals surface area contributed by atoms with Gasteiger partial charge in [-0.2, -0.15) is 0 Å². The fourth-order valence-corrected chi connectivity index (χ4v) is 3.62. The number of benzene rings is 2. The summed E-state index contributed by atoms with van der Waals surface area (Å²) in [6.07, 6.45) is 3.39. The van der Waals surface area contributed by atoms with E-state index in [-0.39, 0.29) is 16.3 Å². The first kappa shape index (κ1) is 23.3. The first-order valence-electron chi connectivity index (χ1n) is 10.0. The third-order valence-corrected chi connectivity index (χ3v) is 5.20. The summed E-state index contributed by atoms with van der Waals surface area (Å²) in [6.45, 7) is 2.60. The smallest absolute Gasteiger partial charge is 0.339 e. The van der Waals surface area contributed by atoms with Gasteiger partial charge in [-0.15, -0.1) is 0 Å². The summed E-state index contributed by atoms with van der Waals surface area (Å²) < 4.78 is 21.4. The number of carbonyl (C=O) groups is 2. The molecule has 0 aliphatic heterocycles. The van der Waals surface area contributed by atoms with Crippen molar-refractivity contribution in [2.75, 3.05) is 27.9 Å². The van der Waals surface area contributed by atoms with Gasteiger partial charge < -0.3 is 18.9 Å². The molecular formula is C24H24ClNO6. The highest BCUT2D eigenvalue weighted by molar-refractivity contribution is 6.29. The summed E-state index contributed by atoms with van der Waals surface area (Å²) in [4.78, 5) is 29.5. The normalized spacial score (nSPS) is 10.7. The number of esters is 2. The van der Waals surface area contributed by atoms with Crippen molar-refractivity contribution >= 4 is 34.3 Å². The number of fused-ring (bicyclic) bond motifs is 1. The van der Waals surface area contributed by atoms with Crippen molar-refractivity contribution in [1.82, 2.24) is 4.98 Å². The highest BCUT2D eigenvalue weighted by atomic mass is 35.5. The number of pyridine rings is 1. The maximum Gasteiger partial charge on any atom is 0.339 e. The fourth-order valence-electron chi connectivity index (χ4n) is 3.45. The molecule has 8 heteroatoms. The van der Waals surface area contributed by atoms with Crippen LogP contribution in [0.25, 0.3) is 21.9 Å². The first-order valence-corrected chi connectivity index (χ1v) is 10.4. The molecule has 1 heterocycles. The van der Waals surface area contributed by atoms with E-state index in [1.165, 1.54) is 20.4 Å². The average molecular weight is 458 g/mol. The predicted octanol–water partition coefficient (Wildman–Crippen LogP) is 5.32. The summed E-state index contributed by atoms with van der Waals surface area (Å²) in [7, 11) is 4.05. The first-order chi connectivity index (χ1) is 15.4. The molecule has 168 valence electrons.